The van der Waals surface area contributed by atoms with Crippen molar-refractivity contribution in [3.05, 3.63) is 35.4 Å². The number of nitrogens with one attached hydrogen (secondary N) is 1. The molecule has 0 heterocycles. The molecule has 76 valence electrons. The average Bonchev–Trinajstić information content (AvgIpc) is 2.02. The van der Waals surface area contributed by atoms with Gasteiger partial charge in [0.15, 0.2) is 0 Å². The van der Waals surface area contributed by atoms with Crippen molar-refractivity contribution in [3.8, 4) is 0 Å². The van der Waals surface area contributed by atoms with Crippen LogP contribution >= 0.6 is 0 Å². The zero-order valence-electron chi connectivity index (χ0n) is 7.27. The Bertz CT molecular complexity index is 436. The van der Waals surface area contributed by atoms with E-state index in [0.717, 1.165) is 0 Å². The van der Waals surface area contributed by atoms with Gasteiger partial charge in [0.05, 0.1) is 0 Å². The molecule has 6 heteroatoms. The Morgan fingerprint density at radius 1 is 1.36 bits per heavy atom. The van der Waals surface area contributed by atoms with Crippen molar-refractivity contribution in [1.29, 1.82) is 5.41 Å². The van der Waals surface area contributed by atoms with Crippen molar-refractivity contribution in [2.45, 2.75) is 5.75 Å². The highest BCUT2D eigenvalue weighted by atomic mass is 32.2. The molecule has 1 aromatic rings. The molecule has 0 saturated heterocycles. The SMILES string of the molecule is N=C(N)c1ccc(CS(=O)(=O)O)cc1. The molecule has 0 bridgehead atoms. The molecule has 4 N–H and O–H groups in total. The molecular formula is C8H10N2O3S. The summed E-state index contributed by atoms with van der Waals surface area (Å²) in [7, 11) is -4.00. The standard InChI is InChI=1S/C8H10N2O3S/c9-8(10)7-3-1-6(2-4-7)5-14(11,12)13/h1-4H,5H2,(H3,9,10)(H,11,12,13). The quantitative estimate of drug-likeness (QED) is 0.384. The molecule has 0 aliphatic carbocycles. The van der Waals surface area contributed by atoms with Crippen molar-refractivity contribution in [1.82, 2.24) is 0 Å². The lowest BCUT2D eigenvalue weighted by Gasteiger charge is -2.00. The van der Waals surface area contributed by atoms with Crippen molar-refractivity contribution in [3.63, 3.8) is 0 Å². The minimum atomic E-state index is -4.00. The molecule has 1 rings (SSSR count). The molecule has 0 aromatic heterocycles. The van der Waals surface area contributed by atoms with Crippen LogP contribution in [0.2, 0.25) is 0 Å². The fourth-order valence-electron chi connectivity index (χ4n) is 0.991. The Hall–Kier alpha value is -1.40. The minimum absolute atomic E-state index is 0.0802. The second kappa shape index (κ2) is 3.77. The van der Waals surface area contributed by atoms with Crippen LogP contribution in [0.15, 0.2) is 24.3 Å². The molecule has 0 radical (unpaired) electrons. The van der Waals surface area contributed by atoms with Crippen LogP contribution in [-0.2, 0) is 15.9 Å². The highest BCUT2D eigenvalue weighted by Gasteiger charge is 2.06. The van der Waals surface area contributed by atoms with Crippen molar-refractivity contribution in [2.24, 2.45) is 5.73 Å². The molecule has 5 nitrogen and oxygen atoms in total. The Morgan fingerprint density at radius 3 is 2.21 bits per heavy atom. The number of amidine groups is 1. The van der Waals surface area contributed by atoms with Gasteiger partial charge in [-0.1, -0.05) is 24.3 Å². The first kappa shape index (κ1) is 10.7. The maximum atomic E-state index is 10.5. The molecule has 0 saturated carbocycles. The van der Waals surface area contributed by atoms with Crippen molar-refractivity contribution < 1.29 is 13.0 Å². The van der Waals surface area contributed by atoms with E-state index in [-0.39, 0.29) is 5.84 Å². The fourth-order valence-corrected chi connectivity index (χ4v) is 1.60. The van der Waals surface area contributed by atoms with Crippen LogP contribution in [0.4, 0.5) is 0 Å². The summed E-state index contributed by atoms with van der Waals surface area (Å²) in [6.45, 7) is 0. The summed E-state index contributed by atoms with van der Waals surface area (Å²) in [6, 6.07) is 6.07. The van der Waals surface area contributed by atoms with E-state index >= 15 is 0 Å². The van der Waals surface area contributed by atoms with Gasteiger partial charge in [-0.2, -0.15) is 8.42 Å². The summed E-state index contributed by atoms with van der Waals surface area (Å²) in [6.07, 6.45) is 0. The van der Waals surface area contributed by atoms with Gasteiger partial charge in [0.2, 0.25) is 0 Å². The number of hydrogen-bond acceptors (Lipinski definition) is 3. The number of nitrogen functional groups attached to an aromatic ring is 1. The van der Waals surface area contributed by atoms with E-state index in [1.165, 1.54) is 24.3 Å². The zero-order valence-corrected chi connectivity index (χ0v) is 8.08. The van der Waals surface area contributed by atoms with Crippen LogP contribution in [0, 0.1) is 5.41 Å². The van der Waals surface area contributed by atoms with Crippen molar-refractivity contribution >= 4 is 16.0 Å². The summed E-state index contributed by atoms with van der Waals surface area (Å²) in [5.74, 6) is -0.506. The van der Waals surface area contributed by atoms with Crippen LogP contribution in [0.25, 0.3) is 0 Å². The van der Waals surface area contributed by atoms with Crippen LogP contribution in [0.5, 0.6) is 0 Å². The number of hydrogen-bond donors (Lipinski definition) is 3. The molecule has 1 aromatic carbocycles. The first-order valence-electron chi connectivity index (χ1n) is 3.77. The lowest BCUT2D eigenvalue weighted by atomic mass is 10.1. The van der Waals surface area contributed by atoms with Gasteiger partial charge in [-0.3, -0.25) is 9.96 Å². The van der Waals surface area contributed by atoms with Gasteiger partial charge in [0.1, 0.15) is 11.6 Å². The Labute approximate surface area is 81.8 Å². The largest absolute Gasteiger partial charge is 0.384 e. The Morgan fingerprint density at radius 2 is 1.86 bits per heavy atom. The van der Waals surface area contributed by atoms with E-state index in [2.05, 4.69) is 0 Å². The summed E-state index contributed by atoms with van der Waals surface area (Å²) in [4.78, 5) is 0. The monoisotopic (exact) mass is 214 g/mol. The summed E-state index contributed by atoms with van der Waals surface area (Å²) in [5, 5.41) is 7.10. The second-order valence-electron chi connectivity index (χ2n) is 2.84. The lowest BCUT2D eigenvalue weighted by Crippen LogP contribution is -2.11. The van der Waals surface area contributed by atoms with E-state index in [0.29, 0.717) is 11.1 Å². The van der Waals surface area contributed by atoms with Gasteiger partial charge in [-0.05, 0) is 5.56 Å². The van der Waals surface area contributed by atoms with Crippen molar-refractivity contribution in [2.75, 3.05) is 0 Å². The average molecular weight is 214 g/mol. The zero-order chi connectivity index (χ0) is 10.8. The van der Waals surface area contributed by atoms with E-state index in [4.69, 9.17) is 15.7 Å². The van der Waals surface area contributed by atoms with Gasteiger partial charge in [0, 0.05) is 5.56 Å². The van der Waals surface area contributed by atoms with Gasteiger partial charge in [0.25, 0.3) is 10.1 Å². The molecule has 0 fully saturated rings. The molecule has 0 aliphatic heterocycles. The van der Waals surface area contributed by atoms with Gasteiger partial charge < -0.3 is 5.73 Å². The van der Waals surface area contributed by atoms with Gasteiger partial charge in [-0.25, -0.2) is 0 Å². The van der Waals surface area contributed by atoms with Crippen LogP contribution in [0.1, 0.15) is 11.1 Å². The smallest absolute Gasteiger partial charge is 0.269 e. The number of benzene rings is 1. The Balaban J connectivity index is 2.90. The second-order valence-corrected chi connectivity index (χ2v) is 4.29. The predicted octanol–water partition coefficient (Wildman–Crippen LogP) is 0.358. The topological polar surface area (TPSA) is 104 Å². The molecule has 0 aliphatic rings. The third kappa shape index (κ3) is 3.15. The number of nitrogens with two attached hydrogens (primary N) is 1. The van der Waals surface area contributed by atoms with Crippen LogP contribution in [0.3, 0.4) is 0 Å². The third-order valence-corrected chi connectivity index (χ3v) is 2.31. The maximum Gasteiger partial charge on any atom is 0.269 e. The predicted molar refractivity (Wildman–Crippen MR) is 52.7 cm³/mol. The van der Waals surface area contributed by atoms with E-state index in [9.17, 15) is 8.42 Å². The van der Waals surface area contributed by atoms with E-state index in [1.807, 2.05) is 0 Å². The number of rotatable bonds is 3. The highest BCUT2D eigenvalue weighted by molar-refractivity contribution is 7.85. The molecule has 0 atom stereocenters. The first-order chi connectivity index (χ1) is 6.38. The van der Waals surface area contributed by atoms with E-state index in [1.54, 1.807) is 0 Å². The minimum Gasteiger partial charge on any atom is -0.384 e. The molecule has 0 spiro atoms. The molecule has 0 unspecified atom stereocenters. The molecular weight excluding hydrogens is 204 g/mol. The summed E-state index contributed by atoms with van der Waals surface area (Å²) >= 11 is 0. The van der Waals surface area contributed by atoms with E-state index < -0.39 is 15.9 Å². The molecule has 0 amide bonds. The first-order valence-corrected chi connectivity index (χ1v) is 5.38. The fraction of sp³-hybridized carbons (Fsp3) is 0.125. The van der Waals surface area contributed by atoms with Gasteiger partial charge >= 0.3 is 0 Å². The Kier molecular flexibility index (Phi) is 2.87. The van der Waals surface area contributed by atoms with Gasteiger partial charge in [-0.15, -0.1) is 0 Å². The molecule has 14 heavy (non-hydrogen) atoms. The highest BCUT2D eigenvalue weighted by Crippen LogP contribution is 2.06. The lowest BCUT2D eigenvalue weighted by molar-refractivity contribution is 0.482. The van der Waals surface area contributed by atoms with Crippen LogP contribution in [-0.4, -0.2) is 18.8 Å². The summed E-state index contributed by atoms with van der Waals surface area (Å²) < 4.78 is 29.6. The van der Waals surface area contributed by atoms with Crippen LogP contribution < -0.4 is 5.73 Å². The third-order valence-electron chi connectivity index (χ3n) is 1.61. The maximum absolute atomic E-state index is 10.5. The summed E-state index contributed by atoms with van der Waals surface area (Å²) in [5.41, 5.74) is 6.18. The normalized spacial score (nSPS) is 11.2.